The second-order valence-corrected chi connectivity index (χ2v) is 8.54. The monoisotopic (exact) mass is 538 g/mol. The van der Waals surface area contributed by atoms with Crippen LogP contribution in [0.1, 0.15) is 62.7 Å². The van der Waals surface area contributed by atoms with Gasteiger partial charge in [-0.1, -0.05) is 56.3 Å². The van der Waals surface area contributed by atoms with Crippen LogP contribution in [0.2, 0.25) is 0 Å². The summed E-state index contributed by atoms with van der Waals surface area (Å²) in [5.74, 6) is -0.0656. The summed E-state index contributed by atoms with van der Waals surface area (Å²) in [5.41, 5.74) is 6.60. The van der Waals surface area contributed by atoms with E-state index in [1.165, 1.54) is 0 Å². The number of anilines is 1. The van der Waals surface area contributed by atoms with Crippen molar-refractivity contribution >= 4 is 23.0 Å². The van der Waals surface area contributed by atoms with Gasteiger partial charge in [-0.15, -0.1) is 0 Å². The average molecular weight is 538 g/mol. The van der Waals surface area contributed by atoms with Crippen molar-refractivity contribution < 1.29 is 38.1 Å². The van der Waals surface area contributed by atoms with Crippen LogP contribution in [0.3, 0.4) is 0 Å². The third-order valence-corrected chi connectivity index (χ3v) is 5.67. The number of carbonyl (C=O) groups excluding carboxylic acids is 2. The number of benzene rings is 2. The molecule has 0 fully saturated rings. The lowest BCUT2D eigenvalue weighted by atomic mass is 9.89. The highest BCUT2D eigenvalue weighted by Crippen LogP contribution is 2.32. The number of carbonyl (C=O) groups is 2. The molecule has 0 bridgehead atoms. The normalized spacial score (nSPS) is 13.2. The van der Waals surface area contributed by atoms with Gasteiger partial charge in [0.2, 0.25) is 5.78 Å². The summed E-state index contributed by atoms with van der Waals surface area (Å²) in [5, 5.41) is 3.40. The Morgan fingerprint density at radius 1 is 0.812 bits per heavy atom. The summed E-state index contributed by atoms with van der Waals surface area (Å²) < 4.78 is 1.79. The fraction of sp³-hybridized carbons (Fsp3) is 0.222. The van der Waals surface area contributed by atoms with E-state index in [4.69, 9.17) is 0 Å². The molecule has 0 spiro atoms. The number of aryl methyl sites for hydroxylation is 3. The molecule has 0 amide bonds. The van der Waals surface area contributed by atoms with Crippen LogP contribution < -0.4 is 33.9 Å². The van der Waals surface area contributed by atoms with E-state index in [1.807, 2.05) is 51.4 Å². The molecule has 0 radical (unpaired) electrons. The van der Waals surface area contributed by atoms with Gasteiger partial charge in [0.25, 0.3) is 11.5 Å². The molecule has 0 atom stereocenters. The summed E-state index contributed by atoms with van der Waals surface area (Å²) in [6, 6.07) is 15.2. The zero-order chi connectivity index (χ0) is 22.3. The van der Waals surface area contributed by atoms with Gasteiger partial charge in [-0.25, -0.2) is 0 Å². The van der Waals surface area contributed by atoms with Crippen molar-refractivity contribution in [2.24, 2.45) is 0 Å². The number of hydrogen-bond acceptors (Lipinski definition) is 3. The Hall–Kier alpha value is -2.80. The minimum absolute atomic E-state index is 0. The van der Waals surface area contributed by atoms with Crippen molar-refractivity contribution in [2.75, 3.05) is 5.32 Å². The zero-order valence-electron chi connectivity index (χ0n) is 19.0. The molecule has 4 rings (SSSR count). The Kier molecular flexibility index (Phi) is 6.98. The van der Waals surface area contributed by atoms with Crippen LogP contribution in [-0.2, 0) is 0 Å². The summed E-state index contributed by atoms with van der Waals surface area (Å²) in [4.78, 5) is 27.2. The summed E-state index contributed by atoms with van der Waals surface area (Å²) in [6.07, 6.45) is 3.79. The van der Waals surface area contributed by atoms with Crippen molar-refractivity contribution in [3.05, 3.63) is 100 Å². The molecule has 1 aromatic heterocycles. The van der Waals surface area contributed by atoms with Gasteiger partial charge in [-0.3, -0.25) is 9.59 Å². The van der Waals surface area contributed by atoms with Gasteiger partial charge in [0.05, 0.1) is 0 Å². The highest BCUT2D eigenvalue weighted by Gasteiger charge is 2.39. The molecule has 0 saturated carbocycles. The zero-order valence-corrected chi connectivity index (χ0v) is 21.2. The Morgan fingerprint density at radius 3 is 2.00 bits per heavy atom. The van der Waals surface area contributed by atoms with Gasteiger partial charge in [-0.05, 0) is 43.9 Å². The number of Topliss-reactive ketones (excluding diaryl/α,β-unsaturated/α-hetero) is 2. The molecule has 0 aliphatic heterocycles. The van der Waals surface area contributed by atoms with Crippen molar-refractivity contribution in [2.45, 2.75) is 40.5 Å². The molecule has 2 aromatic carbocycles. The number of rotatable bonds is 4. The maximum Gasteiger partial charge on any atom is 0.286 e. The number of pyridine rings is 1. The van der Waals surface area contributed by atoms with Crippen molar-refractivity contribution in [3.63, 3.8) is 0 Å². The minimum Gasteiger partial charge on any atom is -1.00 e. The largest absolute Gasteiger partial charge is 1.00 e. The smallest absolute Gasteiger partial charge is 0.286 e. The van der Waals surface area contributed by atoms with E-state index in [0.29, 0.717) is 22.5 Å². The van der Waals surface area contributed by atoms with Crippen molar-refractivity contribution in [1.29, 1.82) is 0 Å². The number of allylic oxidation sites excluding steroid dienone is 2. The van der Waals surface area contributed by atoms with E-state index in [0.717, 1.165) is 27.9 Å². The maximum atomic E-state index is 13.6. The van der Waals surface area contributed by atoms with E-state index in [9.17, 15) is 9.59 Å². The van der Waals surface area contributed by atoms with Crippen LogP contribution in [0.4, 0.5) is 5.69 Å². The number of aromatic nitrogens is 1. The molecule has 0 saturated heterocycles. The van der Waals surface area contributed by atoms with E-state index in [2.05, 4.69) is 25.2 Å². The topological polar surface area (TPSA) is 50.1 Å². The van der Waals surface area contributed by atoms with E-state index in [-0.39, 0.29) is 41.5 Å². The third-order valence-electron chi connectivity index (χ3n) is 5.67. The molecule has 32 heavy (non-hydrogen) atoms. The standard InChI is InChI=1S/C27H26N2O2.HI/c1-16(2)20-12-8-9-19(5)23(20)28-24-25(29-14-17(3)13-18(4)15-29)27(31)22-11-7-6-10-21(22)26(24)30;/h6-16H,1-5H3;1H. The molecular formula is C27H27IN2O2. The van der Waals surface area contributed by atoms with Crippen molar-refractivity contribution in [1.82, 2.24) is 0 Å². The highest BCUT2D eigenvalue weighted by atomic mass is 127. The first-order valence-electron chi connectivity index (χ1n) is 10.6. The van der Waals surface area contributed by atoms with E-state index >= 15 is 0 Å². The Labute approximate surface area is 206 Å². The molecule has 3 aromatic rings. The molecule has 1 aliphatic rings. The van der Waals surface area contributed by atoms with Gasteiger partial charge in [0.1, 0.15) is 0 Å². The molecule has 0 unspecified atom stereocenters. The molecule has 4 nitrogen and oxygen atoms in total. The fourth-order valence-corrected chi connectivity index (χ4v) is 4.23. The lowest BCUT2D eigenvalue weighted by Crippen LogP contribution is -3.00. The Balaban J connectivity index is 0.00000289. The van der Waals surface area contributed by atoms with Crippen LogP contribution in [-0.4, -0.2) is 11.6 Å². The average Bonchev–Trinajstić information content (AvgIpc) is 2.72. The molecule has 1 heterocycles. The Morgan fingerprint density at radius 2 is 1.41 bits per heavy atom. The summed E-state index contributed by atoms with van der Waals surface area (Å²) in [6.45, 7) is 10.2. The van der Waals surface area contributed by atoms with Gasteiger partial charge in [-0.2, -0.15) is 4.57 Å². The predicted molar refractivity (Wildman–Crippen MR) is 123 cm³/mol. The van der Waals surface area contributed by atoms with Gasteiger partial charge in [0, 0.05) is 27.9 Å². The number of hydrogen-bond donors (Lipinski definition) is 1. The second-order valence-electron chi connectivity index (χ2n) is 8.54. The van der Waals surface area contributed by atoms with Crippen LogP contribution in [0.25, 0.3) is 5.70 Å². The first-order valence-corrected chi connectivity index (χ1v) is 10.6. The lowest BCUT2D eigenvalue weighted by molar-refractivity contribution is -0.578. The second kappa shape index (κ2) is 9.36. The summed E-state index contributed by atoms with van der Waals surface area (Å²) >= 11 is 0. The molecule has 1 N–H and O–H groups in total. The molecule has 5 heteroatoms. The molecule has 164 valence electrons. The first kappa shape index (κ1) is 23.9. The third kappa shape index (κ3) is 4.26. The van der Waals surface area contributed by atoms with Crippen LogP contribution >= 0.6 is 0 Å². The van der Waals surface area contributed by atoms with E-state index < -0.39 is 0 Å². The van der Waals surface area contributed by atoms with Crippen LogP contribution in [0.15, 0.2) is 66.6 Å². The Bertz CT molecular complexity index is 1240. The number of fused-ring (bicyclic) bond motifs is 1. The SMILES string of the molecule is Cc1cc(C)c[n+](C2=C(Nc3c(C)cccc3C(C)C)C(=O)c3ccccc3C2=O)c1.[I-]. The van der Waals surface area contributed by atoms with Gasteiger partial charge < -0.3 is 29.3 Å². The lowest BCUT2D eigenvalue weighted by Gasteiger charge is -2.22. The highest BCUT2D eigenvalue weighted by molar-refractivity contribution is 6.36. The molecule has 1 aliphatic carbocycles. The number of ketones is 2. The fourth-order valence-electron chi connectivity index (χ4n) is 4.23. The predicted octanol–water partition coefficient (Wildman–Crippen LogP) is 2.39. The number of halogens is 1. The van der Waals surface area contributed by atoms with Crippen LogP contribution in [0, 0.1) is 20.8 Å². The number of para-hydroxylation sites is 1. The number of nitrogens with zero attached hydrogens (tertiary/aromatic N) is 1. The number of nitrogens with one attached hydrogen (secondary N) is 1. The van der Waals surface area contributed by atoms with Crippen molar-refractivity contribution in [3.8, 4) is 0 Å². The van der Waals surface area contributed by atoms with Gasteiger partial charge in [0.15, 0.2) is 18.1 Å². The maximum absolute atomic E-state index is 13.6. The summed E-state index contributed by atoms with van der Waals surface area (Å²) in [7, 11) is 0. The van der Waals surface area contributed by atoms with Gasteiger partial charge >= 0.3 is 0 Å². The minimum atomic E-state index is -0.171. The van der Waals surface area contributed by atoms with Crippen LogP contribution in [0.5, 0.6) is 0 Å². The first-order chi connectivity index (χ1) is 14.8. The quantitative estimate of drug-likeness (QED) is 0.410. The van der Waals surface area contributed by atoms with E-state index in [1.54, 1.807) is 28.8 Å². The molecular weight excluding hydrogens is 511 g/mol.